The summed E-state index contributed by atoms with van der Waals surface area (Å²) >= 11 is 0. The Labute approximate surface area is 158 Å². The molecule has 3 aromatic rings. The lowest BCUT2D eigenvalue weighted by molar-refractivity contribution is -0.132. The van der Waals surface area contributed by atoms with Gasteiger partial charge in [-0.3, -0.25) is 4.79 Å². The lowest BCUT2D eigenvalue weighted by atomic mass is 10.1. The zero-order valence-corrected chi connectivity index (χ0v) is 15.5. The highest BCUT2D eigenvalue weighted by Gasteiger charge is 2.24. The number of aromatic nitrogens is 1. The second kappa shape index (κ2) is 7.74. The number of piperidine rings is 1. The Hall–Kier alpha value is -2.95. The van der Waals surface area contributed by atoms with Crippen molar-refractivity contribution in [1.29, 1.82) is 0 Å². The molecule has 0 spiro atoms. The van der Waals surface area contributed by atoms with Gasteiger partial charge in [0.1, 0.15) is 17.6 Å². The van der Waals surface area contributed by atoms with Crippen molar-refractivity contribution in [1.82, 2.24) is 9.88 Å². The van der Waals surface area contributed by atoms with Crippen LogP contribution in [0.25, 0.3) is 10.9 Å². The summed E-state index contributed by atoms with van der Waals surface area (Å²) in [5.41, 5.74) is 2.14. The van der Waals surface area contributed by atoms with Crippen molar-refractivity contribution >= 4 is 16.8 Å². The number of hydrogen-bond acceptors (Lipinski definition) is 3. The Bertz CT molecular complexity index is 909. The molecule has 1 aliphatic rings. The van der Waals surface area contributed by atoms with Gasteiger partial charge in [-0.05, 0) is 35.9 Å². The zero-order valence-electron chi connectivity index (χ0n) is 15.5. The van der Waals surface area contributed by atoms with Crippen LogP contribution < -0.4 is 9.47 Å². The first kappa shape index (κ1) is 17.5. The van der Waals surface area contributed by atoms with Crippen LogP contribution in [0.4, 0.5) is 0 Å². The number of carbonyl (C=O) groups excluding carboxylic acids is 1. The van der Waals surface area contributed by atoms with Gasteiger partial charge in [0.25, 0.3) is 0 Å². The molecule has 2 heterocycles. The third-order valence-corrected chi connectivity index (χ3v) is 5.17. The number of likely N-dealkylation sites (tertiary alicyclic amines) is 1. The van der Waals surface area contributed by atoms with Gasteiger partial charge >= 0.3 is 0 Å². The van der Waals surface area contributed by atoms with E-state index in [-0.39, 0.29) is 12.0 Å². The number of nitrogens with one attached hydrogen (secondary N) is 1. The maximum absolute atomic E-state index is 12.7. The first-order chi connectivity index (χ1) is 13.2. The maximum Gasteiger partial charge on any atom is 0.227 e. The van der Waals surface area contributed by atoms with Gasteiger partial charge in [0.15, 0.2) is 0 Å². The van der Waals surface area contributed by atoms with E-state index in [0.717, 1.165) is 53.9 Å². The number of hydrogen-bond donors (Lipinski definition) is 1. The fourth-order valence-corrected chi connectivity index (χ4v) is 3.62. The predicted molar refractivity (Wildman–Crippen MR) is 105 cm³/mol. The molecule has 1 fully saturated rings. The van der Waals surface area contributed by atoms with Crippen LogP contribution in [-0.2, 0) is 11.2 Å². The molecule has 1 N–H and O–H groups in total. The number of nitrogens with zero attached hydrogens (tertiary/aromatic N) is 1. The average Bonchev–Trinajstić information content (AvgIpc) is 3.12. The SMILES string of the molecule is COc1ccc(OC2CCN(C(=O)Cc3c[nH]c4ccccc34)CC2)cc1. The van der Waals surface area contributed by atoms with E-state index in [2.05, 4.69) is 11.1 Å². The van der Waals surface area contributed by atoms with Crippen molar-refractivity contribution in [3.05, 3.63) is 60.3 Å². The number of ether oxygens (including phenoxy) is 2. The molecule has 0 saturated carbocycles. The molecule has 0 atom stereocenters. The first-order valence-corrected chi connectivity index (χ1v) is 9.36. The molecule has 1 aromatic heterocycles. The zero-order chi connectivity index (χ0) is 18.6. The third-order valence-electron chi connectivity index (χ3n) is 5.17. The minimum atomic E-state index is 0.149. The molecule has 27 heavy (non-hydrogen) atoms. The number of carbonyl (C=O) groups is 1. The molecule has 2 aromatic carbocycles. The summed E-state index contributed by atoms with van der Waals surface area (Å²) in [4.78, 5) is 17.9. The molecule has 0 aliphatic carbocycles. The van der Waals surface area contributed by atoms with E-state index >= 15 is 0 Å². The topological polar surface area (TPSA) is 54.6 Å². The lowest BCUT2D eigenvalue weighted by Gasteiger charge is -2.32. The Kier molecular flexibility index (Phi) is 5.01. The quantitative estimate of drug-likeness (QED) is 0.749. The molecule has 0 unspecified atom stereocenters. The first-order valence-electron chi connectivity index (χ1n) is 9.36. The lowest BCUT2D eigenvalue weighted by Crippen LogP contribution is -2.42. The van der Waals surface area contributed by atoms with Crippen molar-refractivity contribution in [2.75, 3.05) is 20.2 Å². The number of aromatic amines is 1. The summed E-state index contributed by atoms with van der Waals surface area (Å²) in [6.07, 6.45) is 4.24. The van der Waals surface area contributed by atoms with E-state index in [9.17, 15) is 4.79 Å². The standard InChI is InChI=1S/C22H24N2O3/c1-26-17-6-8-18(9-7-17)27-19-10-12-24(13-11-19)22(25)14-16-15-23-21-5-3-2-4-20(16)21/h2-9,15,19,23H,10-14H2,1H3. The number of fused-ring (bicyclic) bond motifs is 1. The van der Waals surface area contributed by atoms with Gasteiger partial charge in [0.2, 0.25) is 5.91 Å². The number of benzene rings is 2. The summed E-state index contributed by atoms with van der Waals surface area (Å²) in [5, 5.41) is 1.13. The molecule has 5 heteroatoms. The Morgan fingerprint density at radius 3 is 2.52 bits per heavy atom. The summed E-state index contributed by atoms with van der Waals surface area (Å²) in [5.74, 6) is 1.85. The van der Waals surface area contributed by atoms with E-state index < -0.39 is 0 Å². The van der Waals surface area contributed by atoms with Crippen molar-refractivity contribution < 1.29 is 14.3 Å². The highest BCUT2D eigenvalue weighted by atomic mass is 16.5. The molecular weight excluding hydrogens is 340 g/mol. The van der Waals surface area contributed by atoms with Crippen LogP contribution in [0.1, 0.15) is 18.4 Å². The van der Waals surface area contributed by atoms with Gasteiger partial charge in [-0.15, -0.1) is 0 Å². The fourth-order valence-electron chi connectivity index (χ4n) is 3.62. The summed E-state index contributed by atoms with van der Waals surface area (Å²) in [6, 6.07) is 15.7. The molecule has 5 nitrogen and oxygen atoms in total. The maximum atomic E-state index is 12.7. The van der Waals surface area contributed by atoms with Crippen LogP contribution in [0.15, 0.2) is 54.7 Å². The van der Waals surface area contributed by atoms with Crippen molar-refractivity contribution in [2.24, 2.45) is 0 Å². The van der Waals surface area contributed by atoms with Crippen LogP contribution >= 0.6 is 0 Å². The van der Waals surface area contributed by atoms with Gasteiger partial charge in [-0.2, -0.15) is 0 Å². The normalized spacial score (nSPS) is 15.1. The van der Waals surface area contributed by atoms with Crippen molar-refractivity contribution in [3.63, 3.8) is 0 Å². The van der Waals surface area contributed by atoms with Gasteiger partial charge in [0.05, 0.1) is 13.5 Å². The number of H-pyrrole nitrogens is 1. The van der Waals surface area contributed by atoms with Gasteiger partial charge < -0.3 is 19.4 Å². The van der Waals surface area contributed by atoms with Crippen molar-refractivity contribution in [2.45, 2.75) is 25.4 Å². The van der Waals surface area contributed by atoms with Crippen LogP contribution in [-0.4, -0.2) is 42.1 Å². The second-order valence-electron chi connectivity index (χ2n) is 6.91. The number of rotatable bonds is 5. The van der Waals surface area contributed by atoms with E-state index in [4.69, 9.17) is 9.47 Å². The van der Waals surface area contributed by atoms with E-state index in [1.165, 1.54) is 0 Å². The van der Waals surface area contributed by atoms with Crippen molar-refractivity contribution in [3.8, 4) is 11.5 Å². The Balaban J connectivity index is 1.31. The molecule has 1 aliphatic heterocycles. The summed E-state index contributed by atoms with van der Waals surface area (Å²) < 4.78 is 11.2. The minimum Gasteiger partial charge on any atom is -0.497 e. The largest absolute Gasteiger partial charge is 0.497 e. The smallest absolute Gasteiger partial charge is 0.227 e. The number of para-hydroxylation sites is 1. The van der Waals surface area contributed by atoms with E-state index in [1.54, 1.807) is 7.11 Å². The highest BCUT2D eigenvalue weighted by Crippen LogP contribution is 2.23. The van der Waals surface area contributed by atoms with Gasteiger partial charge in [0, 0.05) is 43.0 Å². The molecule has 1 saturated heterocycles. The third kappa shape index (κ3) is 3.92. The van der Waals surface area contributed by atoms with Crippen LogP contribution in [0.2, 0.25) is 0 Å². The van der Waals surface area contributed by atoms with Gasteiger partial charge in [-0.25, -0.2) is 0 Å². The van der Waals surface area contributed by atoms with E-state index in [0.29, 0.717) is 6.42 Å². The second-order valence-corrected chi connectivity index (χ2v) is 6.91. The predicted octanol–water partition coefficient (Wildman–Crippen LogP) is 3.79. The number of methoxy groups -OCH3 is 1. The molecule has 0 bridgehead atoms. The number of amides is 1. The van der Waals surface area contributed by atoms with Crippen LogP contribution in [0, 0.1) is 0 Å². The Morgan fingerprint density at radius 1 is 1.07 bits per heavy atom. The molecular formula is C22H24N2O3. The Morgan fingerprint density at radius 2 is 1.78 bits per heavy atom. The molecule has 1 amide bonds. The molecule has 140 valence electrons. The minimum absolute atomic E-state index is 0.149. The fraction of sp³-hybridized carbons (Fsp3) is 0.318. The van der Waals surface area contributed by atoms with Crippen LogP contribution in [0.5, 0.6) is 11.5 Å². The summed E-state index contributed by atoms with van der Waals surface area (Å²) in [6.45, 7) is 1.48. The summed E-state index contributed by atoms with van der Waals surface area (Å²) in [7, 11) is 1.65. The van der Waals surface area contributed by atoms with Gasteiger partial charge in [-0.1, -0.05) is 18.2 Å². The van der Waals surface area contributed by atoms with E-state index in [1.807, 2.05) is 53.6 Å². The molecule has 4 rings (SSSR count). The van der Waals surface area contributed by atoms with Crippen LogP contribution in [0.3, 0.4) is 0 Å². The molecule has 0 radical (unpaired) electrons. The average molecular weight is 364 g/mol. The highest BCUT2D eigenvalue weighted by molar-refractivity contribution is 5.88. The monoisotopic (exact) mass is 364 g/mol.